The van der Waals surface area contributed by atoms with Gasteiger partial charge in [-0.2, -0.15) is 0 Å². The van der Waals surface area contributed by atoms with Gasteiger partial charge in [-0.15, -0.1) is 0 Å². The molecule has 0 radical (unpaired) electrons. The van der Waals surface area contributed by atoms with Crippen molar-refractivity contribution in [3.63, 3.8) is 0 Å². The van der Waals surface area contributed by atoms with E-state index in [1.807, 2.05) is 0 Å². The van der Waals surface area contributed by atoms with Gasteiger partial charge in [0, 0.05) is 18.1 Å². The Labute approximate surface area is 102 Å². The molecule has 0 aromatic heterocycles. The molecule has 1 saturated heterocycles. The molecule has 1 aliphatic heterocycles. The summed E-state index contributed by atoms with van der Waals surface area (Å²) < 4.78 is 0. The van der Waals surface area contributed by atoms with Crippen molar-refractivity contribution in [2.45, 2.75) is 72.4 Å². The monoisotopic (exact) mass is 223 g/mol. The molecule has 2 aliphatic rings. The summed E-state index contributed by atoms with van der Waals surface area (Å²) in [4.78, 5) is 2.79. The maximum atomic E-state index is 2.79. The Balaban J connectivity index is 2.17. The molecule has 0 aromatic carbocycles. The number of hydrogen-bond donors (Lipinski definition) is 0. The molecule has 2 fully saturated rings. The summed E-state index contributed by atoms with van der Waals surface area (Å²) in [7, 11) is 0. The Bertz CT molecular complexity index is 261. The van der Waals surface area contributed by atoms with Crippen molar-refractivity contribution in [1.29, 1.82) is 0 Å². The zero-order valence-electron chi connectivity index (χ0n) is 12.0. The second-order valence-corrected chi connectivity index (χ2v) is 7.67. The van der Waals surface area contributed by atoms with Crippen molar-refractivity contribution in [2.75, 3.05) is 6.54 Å². The number of nitrogens with zero attached hydrogens (tertiary/aromatic N) is 1. The molecular formula is C15H29N. The molecule has 1 heteroatoms. The van der Waals surface area contributed by atoms with E-state index in [-0.39, 0.29) is 0 Å². The van der Waals surface area contributed by atoms with E-state index in [9.17, 15) is 0 Å². The normalized spacial score (nSPS) is 35.2. The lowest BCUT2D eigenvalue weighted by molar-refractivity contribution is 0.0247. The molecule has 16 heavy (non-hydrogen) atoms. The van der Waals surface area contributed by atoms with Crippen LogP contribution in [0.1, 0.15) is 60.8 Å². The van der Waals surface area contributed by atoms with E-state index in [4.69, 9.17) is 0 Å². The standard InChI is InChI=1S/C15H29N/c1-7-8-15(5,6)13-12-9-11(12)10-16(13)14(2,3)4/h11-13H,7-10H2,1-6H3. The Kier molecular flexibility index (Phi) is 2.89. The van der Waals surface area contributed by atoms with Gasteiger partial charge in [-0.3, -0.25) is 4.90 Å². The largest absolute Gasteiger partial charge is 0.294 e. The zero-order chi connectivity index (χ0) is 12.1. The fourth-order valence-electron chi connectivity index (χ4n) is 3.95. The topological polar surface area (TPSA) is 3.24 Å². The third-order valence-electron chi connectivity index (χ3n) is 4.71. The smallest absolute Gasteiger partial charge is 0.0183 e. The van der Waals surface area contributed by atoms with Crippen LogP contribution >= 0.6 is 0 Å². The number of hydrogen-bond acceptors (Lipinski definition) is 1. The molecular weight excluding hydrogens is 194 g/mol. The van der Waals surface area contributed by atoms with Crippen LogP contribution in [0.15, 0.2) is 0 Å². The number of piperidine rings is 1. The summed E-state index contributed by atoms with van der Waals surface area (Å²) in [5, 5.41) is 0. The molecule has 2 rings (SSSR count). The summed E-state index contributed by atoms with van der Waals surface area (Å²) in [6.45, 7) is 15.8. The summed E-state index contributed by atoms with van der Waals surface area (Å²) in [5.41, 5.74) is 0.848. The zero-order valence-corrected chi connectivity index (χ0v) is 12.0. The van der Waals surface area contributed by atoms with E-state index in [1.54, 1.807) is 0 Å². The molecule has 3 atom stereocenters. The highest BCUT2D eigenvalue weighted by Crippen LogP contribution is 2.57. The predicted molar refractivity (Wildman–Crippen MR) is 70.5 cm³/mol. The van der Waals surface area contributed by atoms with E-state index in [2.05, 4.69) is 46.4 Å². The van der Waals surface area contributed by atoms with Crippen LogP contribution in [0.4, 0.5) is 0 Å². The van der Waals surface area contributed by atoms with E-state index in [0.717, 1.165) is 17.9 Å². The van der Waals surface area contributed by atoms with Crippen molar-refractivity contribution in [3.05, 3.63) is 0 Å². The number of rotatable bonds is 3. The van der Waals surface area contributed by atoms with Crippen molar-refractivity contribution in [1.82, 2.24) is 4.90 Å². The van der Waals surface area contributed by atoms with Gasteiger partial charge in [0.2, 0.25) is 0 Å². The van der Waals surface area contributed by atoms with Gasteiger partial charge in [0.1, 0.15) is 0 Å². The quantitative estimate of drug-likeness (QED) is 0.700. The van der Waals surface area contributed by atoms with Crippen LogP contribution in [0.25, 0.3) is 0 Å². The number of fused-ring (bicyclic) bond motifs is 1. The molecule has 1 nitrogen and oxygen atoms in total. The van der Waals surface area contributed by atoms with Gasteiger partial charge in [0.15, 0.2) is 0 Å². The van der Waals surface area contributed by atoms with Crippen LogP contribution < -0.4 is 0 Å². The molecule has 0 spiro atoms. The fourth-order valence-corrected chi connectivity index (χ4v) is 3.95. The first kappa shape index (κ1) is 12.4. The minimum Gasteiger partial charge on any atom is -0.294 e. The molecule has 0 N–H and O–H groups in total. The van der Waals surface area contributed by atoms with Crippen LogP contribution in [-0.2, 0) is 0 Å². The van der Waals surface area contributed by atoms with Crippen molar-refractivity contribution in [3.8, 4) is 0 Å². The molecule has 0 amide bonds. The summed E-state index contributed by atoms with van der Waals surface area (Å²) >= 11 is 0. The van der Waals surface area contributed by atoms with Crippen LogP contribution in [-0.4, -0.2) is 23.0 Å². The van der Waals surface area contributed by atoms with Gasteiger partial charge in [-0.25, -0.2) is 0 Å². The lowest BCUT2D eigenvalue weighted by atomic mass is 9.76. The molecule has 3 unspecified atom stereocenters. The van der Waals surface area contributed by atoms with E-state index >= 15 is 0 Å². The van der Waals surface area contributed by atoms with Gasteiger partial charge in [0.05, 0.1) is 0 Å². The van der Waals surface area contributed by atoms with Gasteiger partial charge in [-0.1, -0.05) is 27.2 Å². The highest BCUT2D eigenvalue weighted by Gasteiger charge is 2.58. The van der Waals surface area contributed by atoms with Crippen molar-refractivity contribution < 1.29 is 0 Å². The van der Waals surface area contributed by atoms with Crippen LogP contribution in [0.3, 0.4) is 0 Å². The Morgan fingerprint density at radius 1 is 1.12 bits per heavy atom. The first-order chi connectivity index (χ1) is 7.27. The predicted octanol–water partition coefficient (Wildman–Crippen LogP) is 3.93. The van der Waals surface area contributed by atoms with Crippen LogP contribution in [0.5, 0.6) is 0 Å². The molecule has 1 saturated carbocycles. The SMILES string of the molecule is CCCC(C)(C)C1C2CC2CN1C(C)(C)C. The fraction of sp³-hybridized carbons (Fsp3) is 1.00. The highest BCUT2D eigenvalue weighted by molar-refractivity contribution is 5.11. The average molecular weight is 223 g/mol. The Hall–Kier alpha value is -0.0400. The van der Waals surface area contributed by atoms with E-state index in [1.165, 1.54) is 25.8 Å². The minimum absolute atomic E-state index is 0.350. The van der Waals surface area contributed by atoms with Gasteiger partial charge in [0.25, 0.3) is 0 Å². The third-order valence-corrected chi connectivity index (χ3v) is 4.71. The van der Waals surface area contributed by atoms with Gasteiger partial charge in [-0.05, 0) is 50.9 Å². The maximum absolute atomic E-state index is 2.79. The second kappa shape index (κ2) is 3.73. The lowest BCUT2D eigenvalue weighted by Crippen LogP contribution is -2.52. The summed E-state index contributed by atoms with van der Waals surface area (Å²) in [6, 6.07) is 0.831. The summed E-state index contributed by atoms with van der Waals surface area (Å²) in [6.07, 6.45) is 4.19. The van der Waals surface area contributed by atoms with Gasteiger partial charge < -0.3 is 0 Å². The average Bonchev–Trinajstić information content (AvgIpc) is 2.73. The Morgan fingerprint density at radius 2 is 1.75 bits per heavy atom. The third kappa shape index (κ3) is 2.03. The molecule has 0 bridgehead atoms. The molecule has 0 aromatic rings. The lowest BCUT2D eigenvalue weighted by Gasteiger charge is -2.46. The molecule has 1 heterocycles. The second-order valence-electron chi connectivity index (χ2n) is 7.67. The maximum Gasteiger partial charge on any atom is 0.0183 e. The van der Waals surface area contributed by atoms with Crippen molar-refractivity contribution in [2.24, 2.45) is 17.3 Å². The minimum atomic E-state index is 0.350. The Morgan fingerprint density at radius 3 is 2.25 bits per heavy atom. The highest BCUT2D eigenvalue weighted by atomic mass is 15.3. The van der Waals surface area contributed by atoms with Gasteiger partial charge >= 0.3 is 0 Å². The van der Waals surface area contributed by atoms with Crippen LogP contribution in [0.2, 0.25) is 0 Å². The summed E-state index contributed by atoms with van der Waals surface area (Å²) in [5.74, 6) is 2.04. The molecule has 1 aliphatic carbocycles. The van der Waals surface area contributed by atoms with E-state index < -0.39 is 0 Å². The van der Waals surface area contributed by atoms with Crippen molar-refractivity contribution >= 4 is 0 Å². The van der Waals surface area contributed by atoms with Crippen LogP contribution in [0, 0.1) is 17.3 Å². The first-order valence-electron chi connectivity index (χ1n) is 7.04. The number of likely N-dealkylation sites (tertiary alicyclic amines) is 1. The van der Waals surface area contributed by atoms with E-state index in [0.29, 0.717) is 11.0 Å². The first-order valence-corrected chi connectivity index (χ1v) is 7.04. The molecule has 94 valence electrons.